The Labute approximate surface area is 121 Å². The van der Waals surface area contributed by atoms with Crippen LogP contribution in [-0.2, 0) is 4.79 Å². The Kier molecular flexibility index (Phi) is 6.82. The molecule has 0 radical (unpaired) electrons. The summed E-state index contributed by atoms with van der Waals surface area (Å²) >= 11 is 0. The van der Waals surface area contributed by atoms with E-state index in [1.165, 1.54) is 24.2 Å². The van der Waals surface area contributed by atoms with E-state index >= 15 is 0 Å². The van der Waals surface area contributed by atoms with E-state index in [-0.39, 0.29) is 18.5 Å². The minimum absolute atomic E-state index is 0.232. The maximum Gasteiger partial charge on any atom is 0.323 e. The second-order valence-electron chi connectivity index (χ2n) is 6.38. The van der Waals surface area contributed by atoms with Crippen LogP contribution >= 0.6 is 0 Å². The Balaban J connectivity index is 2.45. The van der Waals surface area contributed by atoms with Crippen LogP contribution < -0.4 is 5.32 Å². The Morgan fingerprint density at radius 1 is 1.30 bits per heavy atom. The molecule has 1 aliphatic carbocycles. The summed E-state index contributed by atoms with van der Waals surface area (Å²) in [7, 11) is 0. The molecule has 1 aliphatic rings. The fourth-order valence-corrected chi connectivity index (χ4v) is 2.85. The molecule has 2 atom stereocenters. The van der Waals surface area contributed by atoms with E-state index in [1.54, 1.807) is 0 Å². The van der Waals surface area contributed by atoms with Crippen LogP contribution in [-0.4, -0.2) is 41.6 Å². The van der Waals surface area contributed by atoms with E-state index in [9.17, 15) is 9.59 Å². The number of rotatable bonds is 6. The summed E-state index contributed by atoms with van der Waals surface area (Å²) in [4.78, 5) is 24.3. The molecule has 0 aromatic carbocycles. The molecule has 2 N–H and O–H groups in total. The molecule has 2 amide bonds. The van der Waals surface area contributed by atoms with Gasteiger partial charge in [0, 0.05) is 13.1 Å². The van der Waals surface area contributed by atoms with Crippen molar-refractivity contribution in [3.8, 4) is 0 Å². The van der Waals surface area contributed by atoms with Crippen molar-refractivity contribution in [1.82, 2.24) is 10.2 Å². The molecule has 0 spiro atoms. The van der Waals surface area contributed by atoms with Crippen molar-refractivity contribution in [2.24, 2.45) is 17.8 Å². The number of carboxylic acids is 1. The van der Waals surface area contributed by atoms with Gasteiger partial charge in [-0.25, -0.2) is 4.79 Å². The summed E-state index contributed by atoms with van der Waals surface area (Å²) in [6.45, 7) is 7.09. The van der Waals surface area contributed by atoms with Gasteiger partial charge in [0.25, 0.3) is 0 Å². The number of hydrogen-bond acceptors (Lipinski definition) is 2. The van der Waals surface area contributed by atoms with Gasteiger partial charge in [-0.3, -0.25) is 4.79 Å². The van der Waals surface area contributed by atoms with Crippen molar-refractivity contribution in [2.45, 2.75) is 46.5 Å². The summed E-state index contributed by atoms with van der Waals surface area (Å²) < 4.78 is 0. The largest absolute Gasteiger partial charge is 0.480 e. The second kappa shape index (κ2) is 8.12. The van der Waals surface area contributed by atoms with Gasteiger partial charge in [0.2, 0.25) is 0 Å². The highest BCUT2D eigenvalue weighted by atomic mass is 16.4. The lowest BCUT2D eigenvalue weighted by Gasteiger charge is -2.30. The smallest absolute Gasteiger partial charge is 0.323 e. The first-order chi connectivity index (χ1) is 9.40. The van der Waals surface area contributed by atoms with E-state index in [0.29, 0.717) is 24.9 Å². The molecule has 5 heteroatoms. The highest BCUT2D eigenvalue weighted by Crippen LogP contribution is 2.28. The van der Waals surface area contributed by atoms with Gasteiger partial charge >= 0.3 is 12.0 Å². The Bertz CT molecular complexity index is 331. The number of amides is 2. The minimum atomic E-state index is -0.966. The molecular weight excluding hydrogens is 256 g/mol. The first-order valence-electron chi connectivity index (χ1n) is 7.64. The van der Waals surface area contributed by atoms with Crippen LogP contribution in [0.3, 0.4) is 0 Å². The number of nitrogens with zero attached hydrogens (tertiary/aromatic N) is 1. The fraction of sp³-hybridized carbons (Fsp3) is 0.867. The van der Waals surface area contributed by atoms with E-state index in [4.69, 9.17) is 5.11 Å². The predicted molar refractivity (Wildman–Crippen MR) is 78.6 cm³/mol. The molecule has 1 fully saturated rings. The molecule has 116 valence electrons. The molecule has 0 aromatic rings. The predicted octanol–water partition coefficient (Wildman–Crippen LogP) is 2.56. The molecule has 2 unspecified atom stereocenters. The minimum Gasteiger partial charge on any atom is -0.480 e. The van der Waals surface area contributed by atoms with Crippen LogP contribution in [0.5, 0.6) is 0 Å². The Morgan fingerprint density at radius 2 is 1.95 bits per heavy atom. The summed E-state index contributed by atoms with van der Waals surface area (Å²) in [5.41, 5.74) is 0. The first-order valence-corrected chi connectivity index (χ1v) is 7.64. The van der Waals surface area contributed by atoms with Gasteiger partial charge in [-0.15, -0.1) is 0 Å². The lowest BCUT2D eigenvalue weighted by Crippen LogP contribution is -2.46. The van der Waals surface area contributed by atoms with Crippen LogP contribution in [0.4, 0.5) is 4.79 Å². The fourth-order valence-electron chi connectivity index (χ4n) is 2.85. The third-order valence-electron chi connectivity index (χ3n) is 4.00. The van der Waals surface area contributed by atoms with Crippen LogP contribution in [0.25, 0.3) is 0 Å². The Hall–Kier alpha value is -1.26. The quantitative estimate of drug-likeness (QED) is 0.787. The SMILES string of the molecule is CC(C)CN(CC(=O)O)C(=O)NCC1CCCCC1C. The molecule has 5 nitrogen and oxygen atoms in total. The topological polar surface area (TPSA) is 69.6 Å². The average molecular weight is 284 g/mol. The van der Waals surface area contributed by atoms with Crippen molar-refractivity contribution >= 4 is 12.0 Å². The van der Waals surface area contributed by atoms with E-state index in [0.717, 1.165) is 6.42 Å². The first kappa shape index (κ1) is 16.8. The van der Waals surface area contributed by atoms with Gasteiger partial charge < -0.3 is 15.3 Å². The molecule has 1 rings (SSSR count). The Morgan fingerprint density at radius 3 is 2.50 bits per heavy atom. The zero-order valence-corrected chi connectivity index (χ0v) is 12.9. The van der Waals surface area contributed by atoms with Crippen molar-refractivity contribution in [3.63, 3.8) is 0 Å². The molecule has 0 aliphatic heterocycles. The molecule has 0 saturated heterocycles. The molecule has 0 heterocycles. The molecule has 20 heavy (non-hydrogen) atoms. The van der Waals surface area contributed by atoms with E-state index in [1.807, 2.05) is 13.8 Å². The number of carbonyl (C=O) groups is 2. The third kappa shape index (κ3) is 5.80. The van der Waals surface area contributed by atoms with Crippen LogP contribution in [0.1, 0.15) is 46.5 Å². The van der Waals surface area contributed by atoms with Crippen LogP contribution in [0.15, 0.2) is 0 Å². The number of urea groups is 1. The monoisotopic (exact) mass is 284 g/mol. The zero-order valence-electron chi connectivity index (χ0n) is 12.9. The van der Waals surface area contributed by atoms with Crippen molar-refractivity contribution < 1.29 is 14.7 Å². The number of hydrogen-bond donors (Lipinski definition) is 2. The number of carboxylic acid groups (broad SMARTS) is 1. The zero-order chi connectivity index (χ0) is 15.1. The maximum atomic E-state index is 12.1. The molecular formula is C15H28N2O3. The van der Waals surface area contributed by atoms with Crippen LogP contribution in [0, 0.1) is 17.8 Å². The molecule has 1 saturated carbocycles. The van der Waals surface area contributed by atoms with Gasteiger partial charge in [-0.1, -0.05) is 40.0 Å². The highest BCUT2D eigenvalue weighted by molar-refractivity contribution is 5.80. The summed E-state index contributed by atoms with van der Waals surface area (Å²) in [5, 5.41) is 11.8. The van der Waals surface area contributed by atoms with Crippen molar-refractivity contribution in [1.29, 1.82) is 0 Å². The molecule has 0 bridgehead atoms. The summed E-state index contributed by atoms with van der Waals surface area (Å²) in [6.07, 6.45) is 4.90. The standard InChI is InChI=1S/C15H28N2O3/c1-11(2)9-17(10-14(18)19)15(20)16-8-13-7-5-4-6-12(13)3/h11-13H,4-10H2,1-3H3,(H,16,20)(H,18,19). The third-order valence-corrected chi connectivity index (χ3v) is 4.00. The average Bonchev–Trinajstić information content (AvgIpc) is 2.35. The lowest BCUT2D eigenvalue weighted by molar-refractivity contribution is -0.137. The van der Waals surface area contributed by atoms with Crippen molar-refractivity contribution in [3.05, 3.63) is 0 Å². The maximum absolute atomic E-state index is 12.1. The van der Waals surface area contributed by atoms with E-state index in [2.05, 4.69) is 12.2 Å². The van der Waals surface area contributed by atoms with E-state index < -0.39 is 5.97 Å². The highest BCUT2D eigenvalue weighted by Gasteiger charge is 2.23. The summed E-state index contributed by atoms with van der Waals surface area (Å²) in [6, 6.07) is -0.251. The van der Waals surface area contributed by atoms with Crippen molar-refractivity contribution in [2.75, 3.05) is 19.6 Å². The number of nitrogens with one attached hydrogen (secondary N) is 1. The van der Waals surface area contributed by atoms with Crippen LogP contribution in [0.2, 0.25) is 0 Å². The van der Waals surface area contributed by atoms with Gasteiger partial charge in [0.05, 0.1) is 0 Å². The number of carbonyl (C=O) groups excluding carboxylic acids is 1. The van der Waals surface area contributed by atoms with Gasteiger partial charge in [0.15, 0.2) is 0 Å². The molecule has 0 aromatic heterocycles. The normalized spacial score (nSPS) is 22.6. The van der Waals surface area contributed by atoms with Gasteiger partial charge in [-0.2, -0.15) is 0 Å². The second-order valence-corrected chi connectivity index (χ2v) is 6.38. The number of aliphatic carboxylic acids is 1. The van der Waals surface area contributed by atoms with Gasteiger partial charge in [-0.05, 0) is 24.2 Å². The lowest BCUT2D eigenvalue weighted by atomic mass is 9.80. The summed E-state index contributed by atoms with van der Waals surface area (Å²) in [5.74, 6) is 0.459. The van der Waals surface area contributed by atoms with Gasteiger partial charge in [0.1, 0.15) is 6.54 Å².